The van der Waals surface area contributed by atoms with Crippen LogP contribution in [0.1, 0.15) is 40.0 Å². The number of piperidine rings is 1. The molecule has 2 rings (SSSR count). The molecule has 0 aromatic heterocycles. The fourth-order valence-corrected chi connectivity index (χ4v) is 3.44. The van der Waals surface area contributed by atoms with Gasteiger partial charge in [-0.1, -0.05) is 20.8 Å². The molecule has 0 aliphatic carbocycles. The standard InChI is InChI=1S/C18H34N4O2.ClH/c1-18(2,3)17(24)22-11-4-6-15(14-22)16(23)20-7-5-10-21-12-8-19-9-13-21;/h15,19H,4-14H2,1-3H3,(H,20,23);1H. The Kier molecular flexibility index (Phi) is 9.17. The minimum atomic E-state index is -0.373. The molecule has 25 heavy (non-hydrogen) atoms. The number of nitrogens with one attached hydrogen (secondary N) is 2. The van der Waals surface area contributed by atoms with Crippen LogP contribution in [-0.2, 0) is 9.59 Å². The van der Waals surface area contributed by atoms with Crippen LogP contribution in [0.3, 0.4) is 0 Å². The second-order valence-corrected chi connectivity index (χ2v) is 8.08. The average molecular weight is 375 g/mol. The lowest BCUT2D eigenvalue weighted by Gasteiger charge is -2.36. The van der Waals surface area contributed by atoms with Gasteiger partial charge in [-0.2, -0.15) is 0 Å². The number of nitrogens with zero attached hydrogens (tertiary/aromatic N) is 2. The molecule has 2 saturated heterocycles. The van der Waals surface area contributed by atoms with Crippen molar-refractivity contribution in [3.8, 4) is 0 Å². The SMILES string of the molecule is CC(C)(C)C(=O)N1CCCC(C(=O)NCCCN2CCNCC2)C1.Cl. The first-order chi connectivity index (χ1) is 11.4. The van der Waals surface area contributed by atoms with E-state index >= 15 is 0 Å². The maximum atomic E-state index is 12.4. The monoisotopic (exact) mass is 374 g/mol. The van der Waals surface area contributed by atoms with Gasteiger partial charge in [0.2, 0.25) is 11.8 Å². The number of hydrogen-bond donors (Lipinski definition) is 2. The van der Waals surface area contributed by atoms with Crippen LogP contribution >= 0.6 is 12.4 Å². The topological polar surface area (TPSA) is 64.7 Å². The number of carbonyl (C=O) groups excluding carboxylic acids is 2. The molecule has 2 amide bonds. The minimum absolute atomic E-state index is 0. The van der Waals surface area contributed by atoms with Crippen LogP contribution in [0.15, 0.2) is 0 Å². The van der Waals surface area contributed by atoms with Crippen molar-refractivity contribution in [1.82, 2.24) is 20.4 Å². The maximum Gasteiger partial charge on any atom is 0.227 e. The van der Waals surface area contributed by atoms with Gasteiger partial charge in [-0.15, -0.1) is 12.4 Å². The Morgan fingerprint density at radius 2 is 1.84 bits per heavy atom. The summed E-state index contributed by atoms with van der Waals surface area (Å²) in [5, 5.41) is 6.42. The van der Waals surface area contributed by atoms with Gasteiger partial charge in [0, 0.05) is 51.2 Å². The highest BCUT2D eigenvalue weighted by atomic mass is 35.5. The molecule has 2 heterocycles. The Morgan fingerprint density at radius 3 is 2.48 bits per heavy atom. The molecule has 2 N–H and O–H groups in total. The van der Waals surface area contributed by atoms with Crippen LogP contribution in [0.4, 0.5) is 0 Å². The van der Waals surface area contributed by atoms with Gasteiger partial charge in [-0.25, -0.2) is 0 Å². The van der Waals surface area contributed by atoms with Crippen molar-refractivity contribution in [2.75, 3.05) is 52.4 Å². The van der Waals surface area contributed by atoms with Crippen molar-refractivity contribution in [3.63, 3.8) is 0 Å². The summed E-state index contributed by atoms with van der Waals surface area (Å²) in [6.45, 7) is 13.3. The number of amides is 2. The predicted octanol–water partition coefficient (Wildman–Crippen LogP) is 1.10. The predicted molar refractivity (Wildman–Crippen MR) is 103 cm³/mol. The van der Waals surface area contributed by atoms with Crippen molar-refractivity contribution in [3.05, 3.63) is 0 Å². The molecule has 1 atom stereocenters. The van der Waals surface area contributed by atoms with Crippen LogP contribution in [0, 0.1) is 11.3 Å². The molecule has 0 saturated carbocycles. The zero-order valence-electron chi connectivity index (χ0n) is 16.0. The van der Waals surface area contributed by atoms with Crippen LogP contribution in [-0.4, -0.2) is 74.0 Å². The van der Waals surface area contributed by atoms with Crippen LogP contribution < -0.4 is 10.6 Å². The molecule has 6 nitrogen and oxygen atoms in total. The zero-order valence-corrected chi connectivity index (χ0v) is 16.8. The molecule has 2 aliphatic heterocycles. The van der Waals surface area contributed by atoms with Crippen molar-refractivity contribution < 1.29 is 9.59 Å². The number of hydrogen-bond acceptors (Lipinski definition) is 4. The first kappa shape index (κ1) is 22.2. The van der Waals surface area contributed by atoms with Gasteiger partial charge in [0.15, 0.2) is 0 Å². The minimum Gasteiger partial charge on any atom is -0.356 e. The maximum absolute atomic E-state index is 12.4. The van der Waals surface area contributed by atoms with Crippen molar-refractivity contribution in [2.24, 2.45) is 11.3 Å². The fraction of sp³-hybridized carbons (Fsp3) is 0.889. The molecule has 1 unspecified atom stereocenters. The van der Waals surface area contributed by atoms with Gasteiger partial charge in [0.1, 0.15) is 0 Å². The highest BCUT2D eigenvalue weighted by Gasteiger charge is 2.33. The second kappa shape index (κ2) is 10.3. The smallest absolute Gasteiger partial charge is 0.227 e. The quantitative estimate of drug-likeness (QED) is 0.707. The third-order valence-corrected chi connectivity index (χ3v) is 4.88. The first-order valence-electron chi connectivity index (χ1n) is 9.38. The largest absolute Gasteiger partial charge is 0.356 e. The molecule has 0 aromatic carbocycles. The van der Waals surface area contributed by atoms with E-state index in [1.807, 2.05) is 25.7 Å². The Bertz CT molecular complexity index is 433. The third kappa shape index (κ3) is 7.12. The van der Waals surface area contributed by atoms with E-state index < -0.39 is 0 Å². The summed E-state index contributed by atoms with van der Waals surface area (Å²) in [7, 11) is 0. The molecule has 146 valence electrons. The van der Waals surface area contributed by atoms with Gasteiger partial charge < -0.3 is 20.4 Å². The Labute approximate surface area is 158 Å². The molecule has 2 aliphatic rings. The van der Waals surface area contributed by atoms with E-state index in [4.69, 9.17) is 0 Å². The van der Waals surface area contributed by atoms with Gasteiger partial charge in [-0.3, -0.25) is 9.59 Å². The Balaban J connectivity index is 0.00000312. The van der Waals surface area contributed by atoms with Crippen molar-refractivity contribution in [1.29, 1.82) is 0 Å². The lowest BCUT2D eigenvalue weighted by molar-refractivity contribution is -0.142. The summed E-state index contributed by atoms with van der Waals surface area (Å²) in [5.74, 6) is 0.213. The average Bonchev–Trinajstić information content (AvgIpc) is 2.58. The fourth-order valence-electron chi connectivity index (χ4n) is 3.44. The van der Waals surface area contributed by atoms with E-state index in [0.717, 1.165) is 65.1 Å². The van der Waals surface area contributed by atoms with Crippen LogP contribution in [0.5, 0.6) is 0 Å². The number of carbonyl (C=O) groups is 2. The summed E-state index contributed by atoms with van der Waals surface area (Å²) < 4.78 is 0. The molecular weight excluding hydrogens is 340 g/mol. The first-order valence-corrected chi connectivity index (χ1v) is 9.38. The molecule has 0 aromatic rings. The Morgan fingerprint density at radius 1 is 1.16 bits per heavy atom. The Hall–Kier alpha value is -0.850. The third-order valence-electron chi connectivity index (χ3n) is 4.88. The van der Waals surface area contributed by atoms with E-state index in [1.165, 1.54) is 0 Å². The van der Waals surface area contributed by atoms with Gasteiger partial charge in [0.05, 0.1) is 5.92 Å². The molecular formula is C18H35ClN4O2. The van der Waals surface area contributed by atoms with E-state index in [2.05, 4.69) is 15.5 Å². The second-order valence-electron chi connectivity index (χ2n) is 8.08. The summed E-state index contributed by atoms with van der Waals surface area (Å²) in [4.78, 5) is 29.1. The van der Waals surface area contributed by atoms with Gasteiger partial charge in [-0.05, 0) is 25.8 Å². The lowest BCUT2D eigenvalue weighted by atomic mass is 9.91. The van der Waals surface area contributed by atoms with Crippen LogP contribution in [0.25, 0.3) is 0 Å². The molecule has 7 heteroatoms. The van der Waals surface area contributed by atoms with E-state index in [9.17, 15) is 9.59 Å². The summed E-state index contributed by atoms with van der Waals surface area (Å²) >= 11 is 0. The molecule has 2 fully saturated rings. The van der Waals surface area contributed by atoms with E-state index in [-0.39, 0.29) is 35.6 Å². The number of piperazine rings is 1. The van der Waals surface area contributed by atoms with Gasteiger partial charge >= 0.3 is 0 Å². The summed E-state index contributed by atoms with van der Waals surface area (Å²) in [6, 6.07) is 0. The van der Waals surface area contributed by atoms with Gasteiger partial charge in [0.25, 0.3) is 0 Å². The number of likely N-dealkylation sites (tertiary alicyclic amines) is 1. The lowest BCUT2D eigenvalue weighted by Crippen LogP contribution is -2.49. The molecule has 0 spiro atoms. The normalized spacial score (nSPS) is 22.2. The highest BCUT2D eigenvalue weighted by molar-refractivity contribution is 5.85. The van der Waals surface area contributed by atoms with E-state index in [1.54, 1.807) is 0 Å². The zero-order chi connectivity index (χ0) is 17.6. The highest BCUT2D eigenvalue weighted by Crippen LogP contribution is 2.23. The number of rotatable bonds is 5. The summed E-state index contributed by atoms with van der Waals surface area (Å²) in [6.07, 6.45) is 2.79. The van der Waals surface area contributed by atoms with Crippen molar-refractivity contribution in [2.45, 2.75) is 40.0 Å². The molecule has 0 bridgehead atoms. The van der Waals surface area contributed by atoms with Crippen LogP contribution in [0.2, 0.25) is 0 Å². The van der Waals surface area contributed by atoms with E-state index in [0.29, 0.717) is 6.54 Å². The van der Waals surface area contributed by atoms with Crippen molar-refractivity contribution >= 4 is 24.2 Å². The molecule has 0 radical (unpaired) electrons. The number of halogens is 1. The summed E-state index contributed by atoms with van der Waals surface area (Å²) in [5.41, 5.74) is -0.373.